The first kappa shape index (κ1) is 12.8. The molecule has 0 atom stereocenters. The molecule has 0 unspecified atom stereocenters. The van der Waals surface area contributed by atoms with E-state index in [1.54, 1.807) is 6.07 Å². The first-order chi connectivity index (χ1) is 8.45. The van der Waals surface area contributed by atoms with Gasteiger partial charge in [-0.05, 0) is 0 Å². The highest BCUT2D eigenvalue weighted by Gasteiger charge is 2.33. The van der Waals surface area contributed by atoms with Crippen LogP contribution in [0.5, 0.6) is 0 Å². The third-order valence-electron chi connectivity index (χ3n) is 1.84. The molecule has 0 aromatic carbocycles. The number of halogens is 3. The summed E-state index contributed by atoms with van der Waals surface area (Å²) in [7, 11) is 0. The molecule has 0 radical (unpaired) electrons. The van der Waals surface area contributed by atoms with Crippen LogP contribution in [0.3, 0.4) is 0 Å². The van der Waals surface area contributed by atoms with E-state index in [1.165, 1.54) is 12.4 Å². The van der Waals surface area contributed by atoms with Gasteiger partial charge in [0.1, 0.15) is 6.07 Å². The average molecular weight is 306 g/mol. The quantitative estimate of drug-likeness (QED) is 0.675. The normalized spacial score (nSPS) is 11.2. The molecule has 2 heterocycles. The molecule has 2 aromatic heterocycles. The molecule has 0 aliphatic carbocycles. The predicted molar refractivity (Wildman–Crippen MR) is 60.2 cm³/mol. The van der Waals surface area contributed by atoms with Crippen LogP contribution in [0, 0.1) is 11.3 Å². The van der Waals surface area contributed by atoms with Gasteiger partial charge in [-0.1, -0.05) is 45.2 Å². The van der Waals surface area contributed by atoms with Crippen molar-refractivity contribution < 1.29 is 4.79 Å². The van der Waals surface area contributed by atoms with Gasteiger partial charge in [-0.3, -0.25) is 0 Å². The van der Waals surface area contributed by atoms with Crippen molar-refractivity contribution in [1.82, 2.24) is 30.0 Å². The summed E-state index contributed by atoms with van der Waals surface area (Å²) in [5.74, 6) is 0. The summed E-state index contributed by atoms with van der Waals surface area (Å²) in [6.07, 6.45) is 2.57. The standard InChI is InChI=1S/C7H2Cl3N7O/c8-7(9,10)5-4(3-11)17(15-13-5)6(18)16-2-1-12-14-16/h1-2H. The van der Waals surface area contributed by atoms with E-state index in [0.717, 1.165) is 4.68 Å². The van der Waals surface area contributed by atoms with Crippen LogP contribution in [-0.2, 0) is 3.79 Å². The fourth-order valence-electron chi connectivity index (χ4n) is 1.11. The molecular formula is C7H2Cl3N7O. The van der Waals surface area contributed by atoms with Gasteiger partial charge in [-0.15, -0.1) is 14.9 Å². The lowest BCUT2D eigenvalue weighted by atomic mass is 10.3. The van der Waals surface area contributed by atoms with Gasteiger partial charge >= 0.3 is 6.03 Å². The minimum absolute atomic E-state index is 0.233. The third kappa shape index (κ3) is 2.15. The van der Waals surface area contributed by atoms with Gasteiger partial charge < -0.3 is 0 Å². The van der Waals surface area contributed by atoms with Crippen LogP contribution < -0.4 is 0 Å². The minimum Gasteiger partial charge on any atom is -0.243 e. The summed E-state index contributed by atoms with van der Waals surface area (Å²) in [5.41, 5.74) is -0.515. The number of nitrogens with zero attached hydrogens (tertiary/aromatic N) is 7. The van der Waals surface area contributed by atoms with Gasteiger partial charge in [0, 0.05) is 0 Å². The molecule has 8 nitrogen and oxygen atoms in total. The van der Waals surface area contributed by atoms with E-state index in [4.69, 9.17) is 40.1 Å². The summed E-state index contributed by atoms with van der Waals surface area (Å²) < 4.78 is -0.421. The smallest absolute Gasteiger partial charge is 0.243 e. The zero-order valence-corrected chi connectivity index (χ0v) is 10.6. The molecule has 0 fully saturated rings. The summed E-state index contributed by atoms with van der Waals surface area (Å²) >= 11 is 16.8. The average Bonchev–Trinajstić information content (AvgIpc) is 2.96. The molecule has 0 aliphatic rings. The van der Waals surface area contributed by atoms with Crippen LogP contribution in [0.2, 0.25) is 0 Å². The van der Waals surface area contributed by atoms with Crippen molar-refractivity contribution in [2.45, 2.75) is 3.79 Å². The fourth-order valence-corrected chi connectivity index (χ4v) is 1.50. The minimum atomic E-state index is -1.95. The summed E-state index contributed by atoms with van der Waals surface area (Å²) in [6.45, 7) is 0. The Bertz CT molecular complexity index is 620. The lowest BCUT2D eigenvalue weighted by molar-refractivity contribution is 0.237. The number of hydrogen-bond donors (Lipinski definition) is 0. The first-order valence-corrected chi connectivity index (χ1v) is 5.42. The second kappa shape index (κ2) is 4.53. The molecule has 0 spiro atoms. The highest BCUT2D eigenvalue weighted by Crippen LogP contribution is 2.38. The van der Waals surface area contributed by atoms with Crippen LogP contribution in [0.4, 0.5) is 4.79 Å². The van der Waals surface area contributed by atoms with E-state index in [2.05, 4.69) is 20.6 Å². The second-order valence-corrected chi connectivity index (χ2v) is 5.22. The fraction of sp³-hybridized carbons (Fsp3) is 0.143. The van der Waals surface area contributed by atoms with Crippen LogP contribution >= 0.6 is 34.8 Å². The predicted octanol–water partition coefficient (Wildman–Crippen LogP) is 1.08. The molecule has 2 rings (SSSR count). The monoisotopic (exact) mass is 305 g/mol. The third-order valence-corrected chi connectivity index (χ3v) is 2.38. The number of rotatable bonds is 0. The van der Waals surface area contributed by atoms with Gasteiger partial charge in [0.2, 0.25) is 3.79 Å². The van der Waals surface area contributed by atoms with Crippen molar-refractivity contribution in [1.29, 1.82) is 5.26 Å². The highest BCUT2D eigenvalue weighted by molar-refractivity contribution is 6.66. The summed E-state index contributed by atoms with van der Waals surface area (Å²) in [6, 6.07) is 0.929. The van der Waals surface area contributed by atoms with Crippen molar-refractivity contribution in [3.8, 4) is 6.07 Å². The topological polar surface area (TPSA) is 102 Å². The molecule has 2 aromatic rings. The van der Waals surface area contributed by atoms with Crippen molar-refractivity contribution in [2.75, 3.05) is 0 Å². The molecule has 18 heavy (non-hydrogen) atoms. The molecule has 0 bridgehead atoms. The van der Waals surface area contributed by atoms with Crippen LogP contribution in [0.15, 0.2) is 12.4 Å². The van der Waals surface area contributed by atoms with E-state index >= 15 is 0 Å². The van der Waals surface area contributed by atoms with Gasteiger partial charge in [-0.2, -0.15) is 9.94 Å². The SMILES string of the molecule is N#Cc1c(C(Cl)(Cl)Cl)nnn1C(=O)n1ccnn1. The Morgan fingerprint density at radius 2 is 2.11 bits per heavy atom. The molecular weight excluding hydrogens is 304 g/mol. The van der Waals surface area contributed by atoms with Gasteiger partial charge in [0.05, 0.1) is 12.4 Å². The van der Waals surface area contributed by atoms with Crippen molar-refractivity contribution in [3.63, 3.8) is 0 Å². The number of carbonyl (C=O) groups excluding carboxylic acids is 1. The van der Waals surface area contributed by atoms with Crippen LogP contribution in [0.25, 0.3) is 0 Å². The molecule has 0 aliphatic heterocycles. The van der Waals surface area contributed by atoms with Gasteiger partial charge in [0.25, 0.3) is 0 Å². The lowest BCUT2D eigenvalue weighted by Crippen LogP contribution is -2.23. The van der Waals surface area contributed by atoms with E-state index in [9.17, 15) is 4.79 Å². The molecule has 0 saturated carbocycles. The first-order valence-electron chi connectivity index (χ1n) is 4.29. The van der Waals surface area contributed by atoms with Crippen molar-refractivity contribution >= 4 is 40.8 Å². The van der Waals surface area contributed by atoms with E-state index in [0.29, 0.717) is 4.68 Å². The maximum Gasteiger partial charge on any atom is 0.373 e. The van der Waals surface area contributed by atoms with E-state index in [-0.39, 0.29) is 11.4 Å². The van der Waals surface area contributed by atoms with Crippen molar-refractivity contribution in [2.24, 2.45) is 0 Å². The Labute approximate surface area is 115 Å². The lowest BCUT2D eigenvalue weighted by Gasteiger charge is -2.06. The van der Waals surface area contributed by atoms with Crippen LogP contribution in [-0.4, -0.2) is 36.0 Å². The molecule has 0 saturated heterocycles. The number of carbonyl (C=O) groups is 1. The molecule has 92 valence electrons. The van der Waals surface area contributed by atoms with E-state index in [1.807, 2.05) is 0 Å². The Kier molecular flexibility index (Phi) is 3.21. The van der Waals surface area contributed by atoms with E-state index < -0.39 is 9.82 Å². The maximum atomic E-state index is 11.9. The zero-order valence-electron chi connectivity index (χ0n) is 8.33. The number of nitriles is 1. The summed E-state index contributed by atoms with van der Waals surface area (Å²) in [5, 5.41) is 22.8. The van der Waals surface area contributed by atoms with Crippen LogP contribution in [0.1, 0.15) is 11.4 Å². The van der Waals surface area contributed by atoms with Gasteiger partial charge in [-0.25, -0.2) is 4.79 Å². The zero-order chi connectivity index (χ0) is 13.3. The highest BCUT2D eigenvalue weighted by atomic mass is 35.6. The molecule has 0 N–H and O–H groups in total. The second-order valence-electron chi connectivity index (χ2n) is 2.94. The van der Waals surface area contributed by atoms with Crippen molar-refractivity contribution in [3.05, 3.63) is 23.8 Å². The summed E-state index contributed by atoms with van der Waals surface area (Å²) in [4.78, 5) is 11.9. The Morgan fingerprint density at radius 1 is 1.39 bits per heavy atom. The Morgan fingerprint density at radius 3 is 2.61 bits per heavy atom. The molecule has 0 amide bonds. The molecule has 11 heteroatoms. The largest absolute Gasteiger partial charge is 0.373 e. The maximum absolute atomic E-state index is 11.9. The Hall–Kier alpha value is -1.69. The number of hydrogen-bond acceptors (Lipinski definition) is 6. The Balaban J connectivity index is 2.52. The van der Waals surface area contributed by atoms with Gasteiger partial charge in [0.15, 0.2) is 11.4 Å². The number of aromatic nitrogens is 6. The number of alkyl halides is 3.